The lowest BCUT2D eigenvalue weighted by Gasteiger charge is -2.44. The molecule has 0 amide bonds. The molecule has 1 heterocycles. The SMILES string of the molecule is CCCCC(=O)C(C)(C)[C@@H]1CCOC2(CCCC2)O1. The lowest BCUT2D eigenvalue weighted by molar-refractivity contribution is -0.303. The van der Waals surface area contributed by atoms with Gasteiger partial charge < -0.3 is 9.47 Å². The van der Waals surface area contributed by atoms with Crippen LogP contribution in [-0.4, -0.2) is 24.3 Å². The summed E-state index contributed by atoms with van der Waals surface area (Å²) in [4.78, 5) is 12.4. The highest BCUT2D eigenvalue weighted by molar-refractivity contribution is 5.84. The van der Waals surface area contributed by atoms with Crippen LogP contribution in [-0.2, 0) is 14.3 Å². The number of hydrogen-bond donors (Lipinski definition) is 0. The number of Topliss-reactive ketones (excluding diaryl/α,β-unsaturated/α-hetero) is 1. The molecular formula is C16H28O3. The van der Waals surface area contributed by atoms with Crippen molar-refractivity contribution >= 4 is 5.78 Å². The second-order valence-corrected chi connectivity index (χ2v) is 6.61. The van der Waals surface area contributed by atoms with Crippen LogP contribution in [0.4, 0.5) is 0 Å². The summed E-state index contributed by atoms with van der Waals surface area (Å²) < 4.78 is 12.1. The van der Waals surface area contributed by atoms with E-state index in [9.17, 15) is 4.79 Å². The van der Waals surface area contributed by atoms with Crippen molar-refractivity contribution in [1.29, 1.82) is 0 Å². The smallest absolute Gasteiger partial charge is 0.168 e. The van der Waals surface area contributed by atoms with Crippen molar-refractivity contribution in [3.05, 3.63) is 0 Å². The van der Waals surface area contributed by atoms with E-state index in [-0.39, 0.29) is 17.3 Å². The minimum Gasteiger partial charge on any atom is -0.350 e. The molecule has 110 valence electrons. The molecule has 1 saturated carbocycles. The van der Waals surface area contributed by atoms with Gasteiger partial charge in [-0.2, -0.15) is 0 Å². The predicted octanol–water partition coefficient (Wildman–Crippen LogP) is 3.85. The van der Waals surface area contributed by atoms with E-state index in [1.54, 1.807) is 0 Å². The molecule has 2 fully saturated rings. The summed E-state index contributed by atoms with van der Waals surface area (Å²) in [7, 11) is 0. The third-order valence-electron chi connectivity index (χ3n) is 4.75. The van der Waals surface area contributed by atoms with E-state index in [1.807, 2.05) is 13.8 Å². The second kappa shape index (κ2) is 5.92. The van der Waals surface area contributed by atoms with E-state index < -0.39 is 0 Å². The zero-order chi connectivity index (χ0) is 13.9. The van der Waals surface area contributed by atoms with Crippen molar-refractivity contribution in [2.24, 2.45) is 5.41 Å². The van der Waals surface area contributed by atoms with Crippen LogP contribution >= 0.6 is 0 Å². The van der Waals surface area contributed by atoms with Gasteiger partial charge in [-0.1, -0.05) is 27.2 Å². The molecule has 19 heavy (non-hydrogen) atoms. The van der Waals surface area contributed by atoms with Gasteiger partial charge in [-0.05, 0) is 25.7 Å². The van der Waals surface area contributed by atoms with Crippen molar-refractivity contribution in [3.8, 4) is 0 Å². The first-order valence-electron chi connectivity index (χ1n) is 7.85. The molecule has 0 bridgehead atoms. The predicted molar refractivity (Wildman–Crippen MR) is 75.0 cm³/mol. The van der Waals surface area contributed by atoms with Crippen molar-refractivity contribution in [3.63, 3.8) is 0 Å². The number of ketones is 1. The maximum absolute atomic E-state index is 12.4. The number of unbranched alkanes of at least 4 members (excludes halogenated alkanes) is 1. The van der Waals surface area contributed by atoms with E-state index in [0.717, 1.165) is 38.7 Å². The van der Waals surface area contributed by atoms with Gasteiger partial charge in [-0.25, -0.2) is 0 Å². The molecule has 3 heteroatoms. The quantitative estimate of drug-likeness (QED) is 0.759. The number of carbonyl (C=O) groups is 1. The first-order chi connectivity index (χ1) is 9.00. The van der Waals surface area contributed by atoms with E-state index >= 15 is 0 Å². The molecule has 1 saturated heterocycles. The molecule has 1 spiro atoms. The van der Waals surface area contributed by atoms with Gasteiger partial charge in [0, 0.05) is 24.7 Å². The molecule has 1 aliphatic heterocycles. The first-order valence-corrected chi connectivity index (χ1v) is 7.85. The molecule has 2 rings (SSSR count). The molecule has 0 aromatic heterocycles. The zero-order valence-corrected chi connectivity index (χ0v) is 12.7. The third-order valence-corrected chi connectivity index (χ3v) is 4.75. The minimum absolute atomic E-state index is 0.0173. The molecule has 0 aromatic rings. The van der Waals surface area contributed by atoms with Gasteiger partial charge in [0.15, 0.2) is 5.79 Å². The van der Waals surface area contributed by atoms with E-state index in [0.29, 0.717) is 12.2 Å². The summed E-state index contributed by atoms with van der Waals surface area (Å²) in [6.45, 7) is 6.95. The minimum atomic E-state index is -0.380. The Morgan fingerprint density at radius 2 is 2.00 bits per heavy atom. The Kier molecular flexibility index (Phi) is 4.67. The topological polar surface area (TPSA) is 35.5 Å². The summed E-state index contributed by atoms with van der Waals surface area (Å²) in [5, 5.41) is 0. The Morgan fingerprint density at radius 3 is 2.63 bits per heavy atom. The van der Waals surface area contributed by atoms with E-state index in [4.69, 9.17) is 9.47 Å². The molecule has 1 atom stereocenters. The summed E-state index contributed by atoms with van der Waals surface area (Å²) in [6, 6.07) is 0. The van der Waals surface area contributed by atoms with Crippen LogP contribution in [0, 0.1) is 5.41 Å². The second-order valence-electron chi connectivity index (χ2n) is 6.61. The third kappa shape index (κ3) is 3.19. The van der Waals surface area contributed by atoms with Crippen molar-refractivity contribution in [2.45, 2.75) is 84.0 Å². The van der Waals surface area contributed by atoms with Crippen LogP contribution in [0.1, 0.15) is 72.1 Å². The maximum Gasteiger partial charge on any atom is 0.168 e. The van der Waals surface area contributed by atoms with Gasteiger partial charge in [0.2, 0.25) is 0 Å². The van der Waals surface area contributed by atoms with Crippen molar-refractivity contribution in [1.82, 2.24) is 0 Å². The Labute approximate surface area is 117 Å². The maximum atomic E-state index is 12.4. The number of hydrogen-bond acceptors (Lipinski definition) is 3. The number of rotatable bonds is 5. The highest BCUT2D eigenvalue weighted by Gasteiger charge is 2.47. The Bertz CT molecular complexity index is 316. The highest BCUT2D eigenvalue weighted by atomic mass is 16.7. The van der Waals surface area contributed by atoms with E-state index in [2.05, 4.69) is 6.92 Å². The molecule has 2 aliphatic rings. The lowest BCUT2D eigenvalue weighted by atomic mass is 9.78. The summed E-state index contributed by atoms with van der Waals surface area (Å²) in [5.74, 6) is -0.0278. The van der Waals surface area contributed by atoms with Gasteiger partial charge in [0.05, 0.1) is 12.7 Å². The molecule has 0 radical (unpaired) electrons. The van der Waals surface area contributed by atoms with Gasteiger partial charge in [-0.3, -0.25) is 4.79 Å². The standard InChI is InChI=1S/C16H28O3/c1-4-5-8-13(17)15(2,3)14-9-12-18-16(19-14)10-6-7-11-16/h14H,4-12H2,1-3H3/t14-/m0/s1. The molecule has 0 aromatic carbocycles. The van der Waals surface area contributed by atoms with Crippen LogP contribution in [0.2, 0.25) is 0 Å². The Morgan fingerprint density at radius 1 is 1.32 bits per heavy atom. The largest absolute Gasteiger partial charge is 0.350 e. The monoisotopic (exact) mass is 268 g/mol. The first kappa shape index (κ1) is 15.0. The average Bonchev–Trinajstić information content (AvgIpc) is 2.83. The fraction of sp³-hybridized carbons (Fsp3) is 0.938. The van der Waals surface area contributed by atoms with E-state index in [1.165, 1.54) is 12.8 Å². The van der Waals surface area contributed by atoms with Crippen LogP contribution in [0.3, 0.4) is 0 Å². The molecule has 3 nitrogen and oxygen atoms in total. The average molecular weight is 268 g/mol. The molecule has 1 aliphatic carbocycles. The summed E-state index contributed by atoms with van der Waals surface area (Å²) in [6.07, 6.45) is 7.92. The van der Waals surface area contributed by atoms with Gasteiger partial charge in [0.1, 0.15) is 5.78 Å². The molecular weight excluding hydrogens is 240 g/mol. The number of ether oxygens (including phenoxy) is 2. The van der Waals surface area contributed by atoms with Crippen LogP contribution in [0.5, 0.6) is 0 Å². The number of carbonyl (C=O) groups excluding carboxylic acids is 1. The van der Waals surface area contributed by atoms with Crippen molar-refractivity contribution in [2.75, 3.05) is 6.61 Å². The van der Waals surface area contributed by atoms with Gasteiger partial charge in [0.25, 0.3) is 0 Å². The summed E-state index contributed by atoms with van der Waals surface area (Å²) in [5.41, 5.74) is -0.380. The van der Waals surface area contributed by atoms with Gasteiger partial charge >= 0.3 is 0 Å². The van der Waals surface area contributed by atoms with Crippen LogP contribution in [0.25, 0.3) is 0 Å². The molecule has 0 N–H and O–H groups in total. The fourth-order valence-corrected chi connectivity index (χ4v) is 3.23. The van der Waals surface area contributed by atoms with Gasteiger partial charge in [-0.15, -0.1) is 0 Å². The molecule has 0 unspecified atom stereocenters. The normalized spacial score (nSPS) is 26.8. The van der Waals surface area contributed by atoms with Crippen LogP contribution in [0.15, 0.2) is 0 Å². The fourth-order valence-electron chi connectivity index (χ4n) is 3.23. The zero-order valence-electron chi connectivity index (χ0n) is 12.7. The lowest BCUT2D eigenvalue weighted by Crippen LogP contribution is -2.50. The highest BCUT2D eigenvalue weighted by Crippen LogP contribution is 2.43. The Hall–Kier alpha value is -0.410. The van der Waals surface area contributed by atoms with Crippen LogP contribution < -0.4 is 0 Å². The summed E-state index contributed by atoms with van der Waals surface area (Å²) >= 11 is 0. The Balaban J connectivity index is 2.01. The van der Waals surface area contributed by atoms with Crippen molar-refractivity contribution < 1.29 is 14.3 Å².